The van der Waals surface area contributed by atoms with Gasteiger partial charge in [-0.15, -0.1) is 11.3 Å². The predicted octanol–water partition coefficient (Wildman–Crippen LogP) is 3.20. The molecule has 0 spiro atoms. The molecule has 7 nitrogen and oxygen atoms in total. The second-order valence-electron chi connectivity index (χ2n) is 6.04. The van der Waals surface area contributed by atoms with E-state index in [0.717, 1.165) is 59.9 Å². The molecule has 3 aromatic rings. The molecule has 0 unspecified atom stereocenters. The monoisotopic (exact) mass is 368 g/mol. The van der Waals surface area contributed by atoms with Crippen molar-refractivity contribution in [2.75, 3.05) is 30.4 Å². The minimum Gasteiger partial charge on any atom is -0.472 e. The molecule has 0 atom stereocenters. The molecule has 0 saturated heterocycles. The van der Waals surface area contributed by atoms with Gasteiger partial charge in [0.1, 0.15) is 11.5 Å². The van der Waals surface area contributed by atoms with Gasteiger partial charge in [0.05, 0.1) is 18.2 Å². The lowest BCUT2D eigenvalue weighted by molar-refractivity contribution is 0.563. The average Bonchev–Trinajstić information content (AvgIpc) is 3.35. The first-order valence-electron chi connectivity index (χ1n) is 8.48. The van der Waals surface area contributed by atoms with E-state index in [1.165, 1.54) is 0 Å². The summed E-state index contributed by atoms with van der Waals surface area (Å²) in [4.78, 5) is 15.9. The zero-order valence-electron chi connectivity index (χ0n) is 14.5. The first-order chi connectivity index (χ1) is 12.8. The van der Waals surface area contributed by atoms with Crippen molar-refractivity contribution in [3.05, 3.63) is 47.7 Å². The molecule has 1 aliphatic rings. The van der Waals surface area contributed by atoms with Crippen LogP contribution in [0.15, 0.2) is 51.6 Å². The smallest absolute Gasteiger partial charge is 0.197 e. The van der Waals surface area contributed by atoms with E-state index in [4.69, 9.17) is 9.40 Å². The molecular formula is C18H20N6OS. The minimum atomic E-state index is 0.738. The van der Waals surface area contributed by atoms with Crippen molar-refractivity contribution in [2.24, 2.45) is 4.99 Å². The van der Waals surface area contributed by atoms with Crippen molar-refractivity contribution in [2.45, 2.75) is 13.0 Å². The Bertz CT molecular complexity index is 889. The Morgan fingerprint density at radius 1 is 1.27 bits per heavy atom. The fourth-order valence-electron chi connectivity index (χ4n) is 2.68. The summed E-state index contributed by atoms with van der Waals surface area (Å²) >= 11 is 1.55. The number of guanidine groups is 1. The molecule has 3 aromatic heterocycles. The highest BCUT2D eigenvalue weighted by atomic mass is 32.1. The molecule has 26 heavy (non-hydrogen) atoms. The van der Waals surface area contributed by atoms with Gasteiger partial charge in [0, 0.05) is 37.6 Å². The molecule has 0 aromatic carbocycles. The van der Waals surface area contributed by atoms with Crippen LogP contribution in [-0.2, 0) is 6.54 Å². The molecule has 8 heteroatoms. The fraction of sp³-hybridized carbons (Fsp3) is 0.278. The molecule has 1 aliphatic heterocycles. The Kier molecular flexibility index (Phi) is 4.83. The number of aliphatic imine (C=N–C) groups is 1. The molecule has 134 valence electrons. The Hall–Kier alpha value is -2.87. The zero-order valence-corrected chi connectivity index (χ0v) is 15.3. The van der Waals surface area contributed by atoms with Crippen LogP contribution >= 0.6 is 11.3 Å². The lowest BCUT2D eigenvalue weighted by atomic mass is 10.2. The Morgan fingerprint density at radius 3 is 3.04 bits per heavy atom. The summed E-state index contributed by atoms with van der Waals surface area (Å²) in [7, 11) is 2.01. The first kappa shape index (κ1) is 16.6. The van der Waals surface area contributed by atoms with Gasteiger partial charge >= 0.3 is 0 Å². The van der Waals surface area contributed by atoms with Gasteiger partial charge in [-0.1, -0.05) is 6.07 Å². The lowest BCUT2D eigenvalue weighted by Crippen LogP contribution is -2.35. The predicted molar refractivity (Wildman–Crippen MR) is 105 cm³/mol. The van der Waals surface area contributed by atoms with E-state index in [1.807, 2.05) is 36.7 Å². The van der Waals surface area contributed by atoms with E-state index >= 15 is 0 Å². The summed E-state index contributed by atoms with van der Waals surface area (Å²) in [5.74, 6) is 1.68. The maximum atomic E-state index is 5.13. The minimum absolute atomic E-state index is 0.738. The Morgan fingerprint density at radius 2 is 2.23 bits per heavy atom. The van der Waals surface area contributed by atoms with Crippen LogP contribution in [0, 0.1) is 0 Å². The van der Waals surface area contributed by atoms with Gasteiger partial charge in [0.25, 0.3) is 0 Å². The molecule has 4 heterocycles. The quantitative estimate of drug-likeness (QED) is 0.720. The second kappa shape index (κ2) is 7.57. The van der Waals surface area contributed by atoms with Crippen molar-refractivity contribution >= 4 is 28.2 Å². The molecule has 0 amide bonds. The standard InChI is InChI=1S/C18H20N6OS/c1-24(10-13-6-9-25-11-13)16-5-2-4-14(21-16)15-12-26-18(22-15)23-17-19-7-3-8-20-17/h2,4-6,9,11-12H,3,7-8,10H2,1H3,(H2,19,20,22,23). The van der Waals surface area contributed by atoms with Crippen molar-refractivity contribution in [3.8, 4) is 11.4 Å². The topological polar surface area (TPSA) is 78.6 Å². The number of rotatable bonds is 5. The van der Waals surface area contributed by atoms with E-state index in [1.54, 1.807) is 23.9 Å². The first-order valence-corrected chi connectivity index (χ1v) is 9.36. The maximum Gasteiger partial charge on any atom is 0.197 e. The molecule has 2 N–H and O–H groups in total. The van der Waals surface area contributed by atoms with Crippen molar-refractivity contribution < 1.29 is 4.42 Å². The average molecular weight is 368 g/mol. The largest absolute Gasteiger partial charge is 0.472 e. The van der Waals surface area contributed by atoms with Crippen LogP contribution in [-0.4, -0.2) is 36.1 Å². The van der Waals surface area contributed by atoms with E-state index < -0.39 is 0 Å². The molecule has 0 saturated carbocycles. The van der Waals surface area contributed by atoms with E-state index in [2.05, 4.69) is 25.5 Å². The van der Waals surface area contributed by atoms with Crippen LogP contribution in [0.3, 0.4) is 0 Å². The zero-order chi connectivity index (χ0) is 17.8. The molecular weight excluding hydrogens is 348 g/mol. The van der Waals surface area contributed by atoms with Crippen molar-refractivity contribution in [1.29, 1.82) is 0 Å². The number of aromatic nitrogens is 2. The Balaban J connectivity index is 1.48. The van der Waals surface area contributed by atoms with Crippen LogP contribution in [0.5, 0.6) is 0 Å². The van der Waals surface area contributed by atoms with E-state index in [9.17, 15) is 0 Å². The van der Waals surface area contributed by atoms with E-state index in [0.29, 0.717) is 0 Å². The number of nitrogens with one attached hydrogen (secondary N) is 2. The summed E-state index contributed by atoms with van der Waals surface area (Å²) in [6.07, 6.45) is 4.50. The molecule has 0 fully saturated rings. The lowest BCUT2D eigenvalue weighted by Gasteiger charge is -2.17. The third kappa shape index (κ3) is 3.85. The fourth-order valence-corrected chi connectivity index (χ4v) is 3.39. The molecule has 0 bridgehead atoms. The highest BCUT2D eigenvalue weighted by Gasteiger charge is 2.11. The normalized spacial score (nSPS) is 13.8. The van der Waals surface area contributed by atoms with Gasteiger partial charge < -0.3 is 20.0 Å². The molecule has 0 radical (unpaired) electrons. The van der Waals surface area contributed by atoms with Crippen molar-refractivity contribution in [1.82, 2.24) is 15.3 Å². The number of hydrogen-bond acceptors (Lipinski definition) is 8. The number of anilines is 2. The van der Waals surface area contributed by atoms with Crippen LogP contribution in [0.2, 0.25) is 0 Å². The number of thiazole rings is 1. The van der Waals surface area contributed by atoms with Crippen LogP contribution in [0.25, 0.3) is 11.4 Å². The summed E-state index contributed by atoms with van der Waals surface area (Å²) < 4.78 is 5.13. The maximum absolute atomic E-state index is 5.13. The van der Waals surface area contributed by atoms with Gasteiger partial charge in [-0.3, -0.25) is 4.99 Å². The van der Waals surface area contributed by atoms with Crippen molar-refractivity contribution in [3.63, 3.8) is 0 Å². The highest BCUT2D eigenvalue weighted by Crippen LogP contribution is 2.25. The third-order valence-electron chi connectivity index (χ3n) is 4.01. The number of hydrogen-bond donors (Lipinski definition) is 2. The summed E-state index contributed by atoms with van der Waals surface area (Å²) in [5.41, 5.74) is 2.82. The summed E-state index contributed by atoms with van der Waals surface area (Å²) in [6, 6.07) is 7.93. The number of nitrogens with zero attached hydrogens (tertiary/aromatic N) is 4. The number of pyridine rings is 1. The van der Waals surface area contributed by atoms with E-state index in [-0.39, 0.29) is 0 Å². The van der Waals surface area contributed by atoms with Gasteiger partial charge in [0.15, 0.2) is 11.1 Å². The van der Waals surface area contributed by atoms with Gasteiger partial charge in [-0.25, -0.2) is 9.97 Å². The highest BCUT2D eigenvalue weighted by molar-refractivity contribution is 7.14. The van der Waals surface area contributed by atoms with Crippen LogP contribution < -0.4 is 15.5 Å². The molecule has 4 rings (SSSR count). The van der Waals surface area contributed by atoms with Gasteiger partial charge in [-0.05, 0) is 24.6 Å². The van der Waals surface area contributed by atoms with Crippen LogP contribution in [0.1, 0.15) is 12.0 Å². The summed E-state index contributed by atoms with van der Waals surface area (Å²) in [6.45, 7) is 2.53. The third-order valence-corrected chi connectivity index (χ3v) is 4.77. The number of furan rings is 1. The SMILES string of the molecule is CN(Cc1ccoc1)c1cccc(-c2csc(NC3=NCCCN3)n2)n1. The Labute approximate surface area is 155 Å². The molecule has 0 aliphatic carbocycles. The second-order valence-corrected chi connectivity index (χ2v) is 6.90. The van der Waals surface area contributed by atoms with Gasteiger partial charge in [0.2, 0.25) is 0 Å². The van der Waals surface area contributed by atoms with Gasteiger partial charge in [-0.2, -0.15) is 0 Å². The van der Waals surface area contributed by atoms with Crippen LogP contribution in [0.4, 0.5) is 10.9 Å². The summed E-state index contributed by atoms with van der Waals surface area (Å²) in [5, 5.41) is 9.29.